The first-order valence-corrected chi connectivity index (χ1v) is 6.55. The third-order valence-electron chi connectivity index (χ3n) is 2.30. The van der Waals surface area contributed by atoms with E-state index in [2.05, 4.69) is 16.8 Å². The lowest BCUT2D eigenvalue weighted by atomic mass is 10.2. The van der Waals surface area contributed by atoms with E-state index in [4.69, 9.17) is 11.6 Å². The molecule has 0 aliphatic rings. The topological polar surface area (TPSA) is 30.7 Å². The van der Waals surface area contributed by atoms with Gasteiger partial charge in [-0.1, -0.05) is 29.9 Å². The van der Waals surface area contributed by atoms with Crippen LogP contribution in [-0.2, 0) is 7.05 Å². The largest absolute Gasteiger partial charge is 0.305 e. The van der Waals surface area contributed by atoms with E-state index < -0.39 is 0 Å². The molecule has 2 rings (SSSR count). The monoisotopic (exact) mass is 283 g/mol. The molecule has 18 heavy (non-hydrogen) atoms. The molecule has 0 aliphatic heterocycles. The molecule has 0 saturated heterocycles. The van der Waals surface area contributed by atoms with Crippen LogP contribution in [-0.4, -0.2) is 20.5 Å². The van der Waals surface area contributed by atoms with E-state index in [-0.39, 0.29) is 5.82 Å². The van der Waals surface area contributed by atoms with Gasteiger partial charge in [-0.05, 0) is 24.3 Å². The molecule has 0 amide bonds. The third kappa shape index (κ3) is 2.91. The minimum atomic E-state index is -0.269. The molecule has 0 bridgehead atoms. The van der Waals surface area contributed by atoms with Gasteiger partial charge in [0.1, 0.15) is 5.82 Å². The molecule has 0 radical (unpaired) electrons. The number of aromatic nitrogens is 3. The lowest BCUT2D eigenvalue weighted by Gasteiger charge is -2.03. The molecule has 3 nitrogen and oxygen atoms in total. The van der Waals surface area contributed by atoms with Gasteiger partial charge in [0.05, 0.1) is 0 Å². The van der Waals surface area contributed by atoms with Crippen molar-refractivity contribution in [2.75, 3.05) is 5.75 Å². The van der Waals surface area contributed by atoms with Crippen LogP contribution in [0.1, 0.15) is 0 Å². The summed E-state index contributed by atoms with van der Waals surface area (Å²) in [4.78, 5) is 0. The van der Waals surface area contributed by atoms with Crippen LogP contribution in [0, 0.1) is 5.82 Å². The van der Waals surface area contributed by atoms with E-state index in [9.17, 15) is 4.39 Å². The number of nitrogens with zero attached hydrogens (tertiary/aromatic N) is 3. The fourth-order valence-corrected chi connectivity index (χ4v) is 2.26. The molecule has 6 heteroatoms. The Morgan fingerprint density at radius 3 is 2.67 bits per heavy atom. The second-order valence-electron chi connectivity index (χ2n) is 3.68. The van der Waals surface area contributed by atoms with Gasteiger partial charge >= 0.3 is 0 Å². The zero-order valence-electron chi connectivity index (χ0n) is 9.73. The molecule has 0 saturated carbocycles. The van der Waals surface area contributed by atoms with E-state index in [1.165, 1.54) is 23.9 Å². The van der Waals surface area contributed by atoms with Crippen molar-refractivity contribution < 1.29 is 4.39 Å². The normalized spacial score (nSPS) is 10.6. The maximum atomic E-state index is 12.8. The zero-order chi connectivity index (χ0) is 13.1. The first-order valence-electron chi connectivity index (χ1n) is 5.19. The molecular formula is C12H11ClFN3S. The van der Waals surface area contributed by atoms with Crippen molar-refractivity contribution in [3.8, 4) is 11.4 Å². The van der Waals surface area contributed by atoms with Crippen molar-refractivity contribution >= 4 is 23.4 Å². The van der Waals surface area contributed by atoms with Crippen LogP contribution < -0.4 is 0 Å². The number of hydrogen-bond acceptors (Lipinski definition) is 3. The molecular weight excluding hydrogens is 273 g/mol. The highest BCUT2D eigenvalue weighted by atomic mass is 35.5. The van der Waals surface area contributed by atoms with Gasteiger partial charge in [-0.15, -0.1) is 10.2 Å². The van der Waals surface area contributed by atoms with E-state index in [1.54, 1.807) is 12.1 Å². The van der Waals surface area contributed by atoms with Crippen LogP contribution in [0.5, 0.6) is 0 Å². The Hall–Kier alpha value is -1.33. The molecule has 1 aromatic carbocycles. The van der Waals surface area contributed by atoms with E-state index >= 15 is 0 Å². The van der Waals surface area contributed by atoms with Crippen LogP contribution >= 0.6 is 23.4 Å². The molecule has 0 N–H and O–H groups in total. The van der Waals surface area contributed by atoms with Crippen LogP contribution in [0.15, 0.2) is 41.0 Å². The van der Waals surface area contributed by atoms with Gasteiger partial charge in [-0.2, -0.15) is 0 Å². The molecule has 1 aromatic heterocycles. The molecule has 0 aliphatic carbocycles. The van der Waals surface area contributed by atoms with Crippen molar-refractivity contribution in [3.63, 3.8) is 0 Å². The van der Waals surface area contributed by atoms with E-state index in [0.29, 0.717) is 16.6 Å². The Morgan fingerprint density at radius 2 is 2.06 bits per heavy atom. The molecule has 0 fully saturated rings. The fourth-order valence-electron chi connectivity index (χ4n) is 1.43. The van der Waals surface area contributed by atoms with Gasteiger partial charge in [0.2, 0.25) is 0 Å². The Bertz CT molecular complexity index is 565. The van der Waals surface area contributed by atoms with E-state index in [0.717, 1.165) is 10.7 Å². The summed E-state index contributed by atoms with van der Waals surface area (Å²) in [6, 6.07) is 6.15. The summed E-state index contributed by atoms with van der Waals surface area (Å²) in [5.41, 5.74) is 0.822. The number of rotatable bonds is 4. The van der Waals surface area contributed by atoms with Crippen molar-refractivity contribution in [2.24, 2.45) is 7.05 Å². The minimum Gasteiger partial charge on any atom is -0.305 e. The fraction of sp³-hybridized carbons (Fsp3) is 0.167. The Balaban J connectivity index is 2.25. The maximum absolute atomic E-state index is 12.8. The molecule has 1 heterocycles. The molecule has 0 spiro atoms. The lowest BCUT2D eigenvalue weighted by molar-refractivity contribution is 0.628. The summed E-state index contributed by atoms with van der Waals surface area (Å²) in [6.07, 6.45) is 0. The second-order valence-corrected chi connectivity index (χ2v) is 5.16. The van der Waals surface area contributed by atoms with Crippen molar-refractivity contribution in [1.82, 2.24) is 14.8 Å². The molecule has 94 valence electrons. The summed E-state index contributed by atoms with van der Waals surface area (Å²) >= 11 is 7.16. The summed E-state index contributed by atoms with van der Waals surface area (Å²) in [7, 11) is 1.86. The van der Waals surface area contributed by atoms with Crippen LogP contribution in [0.3, 0.4) is 0 Å². The van der Waals surface area contributed by atoms with Crippen LogP contribution in [0.2, 0.25) is 0 Å². The maximum Gasteiger partial charge on any atom is 0.191 e. The number of benzene rings is 1. The Labute approximate surface area is 114 Å². The first kappa shape index (κ1) is 13.1. The van der Waals surface area contributed by atoms with Gasteiger partial charge in [-0.3, -0.25) is 0 Å². The average Bonchev–Trinajstić information content (AvgIpc) is 2.69. The second kappa shape index (κ2) is 5.54. The van der Waals surface area contributed by atoms with E-state index in [1.807, 2.05) is 11.6 Å². The SMILES string of the molecule is C=C(Cl)CSc1nnc(-c2ccc(F)cc2)n1C. The van der Waals surface area contributed by atoms with Crippen molar-refractivity contribution in [3.05, 3.63) is 41.7 Å². The highest BCUT2D eigenvalue weighted by Gasteiger charge is 2.11. The summed E-state index contributed by atoms with van der Waals surface area (Å²) in [6.45, 7) is 3.62. The van der Waals surface area contributed by atoms with Gasteiger partial charge < -0.3 is 4.57 Å². The first-order chi connectivity index (χ1) is 8.58. The number of hydrogen-bond donors (Lipinski definition) is 0. The molecule has 0 unspecified atom stereocenters. The standard InChI is InChI=1S/C12H11ClFN3S/c1-8(13)7-18-12-16-15-11(17(12)2)9-3-5-10(14)6-4-9/h3-6H,1,7H2,2H3. The van der Waals surface area contributed by atoms with Gasteiger partial charge in [-0.25, -0.2) is 4.39 Å². The Morgan fingerprint density at radius 1 is 1.39 bits per heavy atom. The summed E-state index contributed by atoms with van der Waals surface area (Å²) in [5.74, 6) is 1.00. The van der Waals surface area contributed by atoms with Gasteiger partial charge in [0.15, 0.2) is 11.0 Å². The van der Waals surface area contributed by atoms with Gasteiger partial charge in [0.25, 0.3) is 0 Å². The third-order valence-corrected chi connectivity index (χ3v) is 3.69. The van der Waals surface area contributed by atoms with Gasteiger partial charge in [0, 0.05) is 23.4 Å². The predicted molar refractivity (Wildman–Crippen MR) is 72.1 cm³/mol. The smallest absolute Gasteiger partial charge is 0.191 e. The quantitative estimate of drug-likeness (QED) is 0.805. The van der Waals surface area contributed by atoms with Crippen LogP contribution in [0.25, 0.3) is 11.4 Å². The number of thioether (sulfide) groups is 1. The van der Waals surface area contributed by atoms with Crippen molar-refractivity contribution in [1.29, 1.82) is 0 Å². The highest BCUT2D eigenvalue weighted by molar-refractivity contribution is 7.99. The van der Waals surface area contributed by atoms with Crippen molar-refractivity contribution in [2.45, 2.75) is 5.16 Å². The lowest BCUT2D eigenvalue weighted by Crippen LogP contribution is -1.95. The highest BCUT2D eigenvalue weighted by Crippen LogP contribution is 2.24. The summed E-state index contributed by atoms with van der Waals surface area (Å²) in [5, 5.41) is 9.47. The minimum absolute atomic E-state index is 0.269. The zero-order valence-corrected chi connectivity index (χ0v) is 11.3. The molecule has 0 atom stereocenters. The molecule has 2 aromatic rings. The van der Waals surface area contributed by atoms with Crippen LogP contribution in [0.4, 0.5) is 4.39 Å². The summed E-state index contributed by atoms with van der Waals surface area (Å²) < 4.78 is 14.7. The average molecular weight is 284 g/mol. The predicted octanol–water partition coefficient (Wildman–Crippen LogP) is 3.47. The Kier molecular flexibility index (Phi) is 4.04. The number of halogens is 2.